The number of hydrogen-bond donors (Lipinski definition) is 1. The molecule has 7 heteroatoms. The van der Waals surface area contributed by atoms with Gasteiger partial charge in [-0.2, -0.15) is 0 Å². The van der Waals surface area contributed by atoms with Crippen molar-refractivity contribution in [3.63, 3.8) is 0 Å². The number of rotatable bonds is 8. The second-order valence-corrected chi connectivity index (χ2v) is 5.58. The zero-order valence-electron chi connectivity index (χ0n) is 12.0. The van der Waals surface area contributed by atoms with Crippen molar-refractivity contribution in [2.24, 2.45) is 0 Å². The number of hydrogen-bond acceptors (Lipinski definition) is 5. The van der Waals surface area contributed by atoms with Crippen LogP contribution in [0.15, 0.2) is 0 Å². The molecule has 0 radical (unpaired) electrons. The molecule has 0 aliphatic carbocycles. The second-order valence-electron chi connectivity index (χ2n) is 4.59. The molecule has 1 aliphatic rings. The van der Waals surface area contributed by atoms with Crippen LogP contribution in [0.2, 0.25) is 0 Å². The van der Waals surface area contributed by atoms with E-state index in [9.17, 15) is 9.59 Å². The Morgan fingerprint density at radius 3 is 2.55 bits per heavy atom. The number of aliphatic hydroxyl groups is 1. The quantitative estimate of drug-likeness (QED) is 0.673. The molecule has 1 rings (SSSR count). The molecule has 0 saturated carbocycles. The molecule has 1 N–H and O–H groups in total. The van der Waals surface area contributed by atoms with Crippen molar-refractivity contribution >= 4 is 23.6 Å². The lowest BCUT2D eigenvalue weighted by atomic mass is 10.4. The van der Waals surface area contributed by atoms with Gasteiger partial charge < -0.3 is 19.6 Å². The van der Waals surface area contributed by atoms with Crippen molar-refractivity contribution in [3.05, 3.63) is 0 Å². The molecule has 0 spiro atoms. The molecule has 116 valence electrons. The normalized spacial score (nSPS) is 15.2. The lowest BCUT2D eigenvalue weighted by Gasteiger charge is -2.27. The summed E-state index contributed by atoms with van der Waals surface area (Å²) in [6.45, 7) is 5.45. The topological polar surface area (TPSA) is 70.1 Å². The number of amides is 2. The van der Waals surface area contributed by atoms with Crippen LogP contribution in [0.25, 0.3) is 0 Å². The Kier molecular flexibility index (Phi) is 8.64. The van der Waals surface area contributed by atoms with E-state index in [-0.39, 0.29) is 24.2 Å². The number of carbonyl (C=O) groups excluding carboxylic acids is 2. The van der Waals surface area contributed by atoms with E-state index in [1.807, 2.05) is 6.92 Å². The number of ether oxygens (including phenoxy) is 1. The molecule has 20 heavy (non-hydrogen) atoms. The van der Waals surface area contributed by atoms with Crippen LogP contribution >= 0.6 is 11.8 Å². The Labute approximate surface area is 124 Å². The van der Waals surface area contributed by atoms with Gasteiger partial charge in [0.05, 0.1) is 31.3 Å². The van der Waals surface area contributed by atoms with Crippen LogP contribution in [-0.2, 0) is 14.3 Å². The summed E-state index contributed by atoms with van der Waals surface area (Å²) < 4.78 is 5.19. The number of morpholine rings is 1. The molecular formula is C13H24N2O4S. The summed E-state index contributed by atoms with van der Waals surface area (Å²) in [7, 11) is 0. The maximum Gasteiger partial charge on any atom is 0.232 e. The Bertz CT molecular complexity index is 303. The van der Waals surface area contributed by atoms with Crippen LogP contribution in [0.4, 0.5) is 0 Å². The lowest BCUT2D eigenvalue weighted by Crippen LogP contribution is -2.42. The predicted molar refractivity (Wildman–Crippen MR) is 78.7 cm³/mol. The summed E-state index contributed by atoms with van der Waals surface area (Å²) in [6.07, 6.45) is 0.864. The van der Waals surface area contributed by atoms with Crippen LogP contribution in [0.3, 0.4) is 0 Å². The molecule has 0 aromatic carbocycles. The van der Waals surface area contributed by atoms with E-state index in [1.54, 1.807) is 9.80 Å². The largest absolute Gasteiger partial charge is 0.395 e. The van der Waals surface area contributed by atoms with Gasteiger partial charge in [0.15, 0.2) is 0 Å². The zero-order valence-corrected chi connectivity index (χ0v) is 12.9. The molecule has 1 aliphatic heterocycles. The van der Waals surface area contributed by atoms with Crippen molar-refractivity contribution in [1.29, 1.82) is 0 Å². The van der Waals surface area contributed by atoms with Crippen LogP contribution in [0, 0.1) is 0 Å². The molecule has 1 fully saturated rings. The minimum atomic E-state index is -0.0247. The maximum atomic E-state index is 11.9. The smallest absolute Gasteiger partial charge is 0.232 e. The van der Waals surface area contributed by atoms with Gasteiger partial charge in [-0.3, -0.25) is 9.59 Å². The van der Waals surface area contributed by atoms with Crippen molar-refractivity contribution < 1.29 is 19.4 Å². The highest BCUT2D eigenvalue weighted by Crippen LogP contribution is 2.07. The first kappa shape index (κ1) is 17.3. The SMILES string of the molecule is CCCN(CCO)C(=O)CSCC(=O)N1CCOCC1. The van der Waals surface area contributed by atoms with E-state index < -0.39 is 0 Å². The Balaban J connectivity index is 2.24. The summed E-state index contributed by atoms with van der Waals surface area (Å²) in [5.41, 5.74) is 0. The third-order valence-corrected chi connectivity index (χ3v) is 3.93. The predicted octanol–water partition coefficient (Wildman–Crippen LogP) is -0.191. The molecular weight excluding hydrogens is 280 g/mol. The summed E-state index contributed by atoms with van der Waals surface area (Å²) in [5.74, 6) is 0.664. The summed E-state index contributed by atoms with van der Waals surface area (Å²) in [4.78, 5) is 27.2. The molecule has 0 unspecified atom stereocenters. The van der Waals surface area contributed by atoms with Gasteiger partial charge in [-0.25, -0.2) is 0 Å². The minimum Gasteiger partial charge on any atom is -0.395 e. The standard InChI is InChI=1S/C13H24N2O4S/c1-2-3-14(4-7-16)12(17)10-20-11-13(18)15-5-8-19-9-6-15/h16H,2-11H2,1H3. The zero-order chi connectivity index (χ0) is 14.8. The van der Waals surface area contributed by atoms with E-state index in [0.717, 1.165) is 6.42 Å². The fourth-order valence-corrected chi connectivity index (χ4v) is 2.79. The van der Waals surface area contributed by atoms with Gasteiger partial charge >= 0.3 is 0 Å². The first-order valence-electron chi connectivity index (χ1n) is 7.01. The monoisotopic (exact) mass is 304 g/mol. The maximum absolute atomic E-state index is 11.9. The van der Waals surface area contributed by atoms with Crippen LogP contribution in [0.5, 0.6) is 0 Å². The molecule has 2 amide bonds. The van der Waals surface area contributed by atoms with Crippen LogP contribution in [0.1, 0.15) is 13.3 Å². The van der Waals surface area contributed by atoms with Gasteiger partial charge in [0, 0.05) is 26.2 Å². The van der Waals surface area contributed by atoms with E-state index in [1.165, 1.54) is 11.8 Å². The van der Waals surface area contributed by atoms with Crippen molar-refractivity contribution in [1.82, 2.24) is 9.80 Å². The van der Waals surface area contributed by atoms with Gasteiger partial charge in [-0.05, 0) is 6.42 Å². The molecule has 0 aromatic heterocycles. The number of nitrogens with zero attached hydrogens (tertiary/aromatic N) is 2. The summed E-state index contributed by atoms with van der Waals surface area (Å²) in [6, 6.07) is 0. The van der Waals surface area contributed by atoms with Gasteiger partial charge in [-0.1, -0.05) is 6.92 Å². The molecule has 6 nitrogen and oxygen atoms in total. The highest BCUT2D eigenvalue weighted by molar-refractivity contribution is 8.00. The van der Waals surface area contributed by atoms with Gasteiger partial charge in [-0.15, -0.1) is 11.8 Å². The molecule has 1 saturated heterocycles. The van der Waals surface area contributed by atoms with Crippen molar-refractivity contribution in [2.45, 2.75) is 13.3 Å². The number of thioether (sulfide) groups is 1. The average molecular weight is 304 g/mol. The van der Waals surface area contributed by atoms with Gasteiger partial charge in [0.25, 0.3) is 0 Å². The fraction of sp³-hybridized carbons (Fsp3) is 0.846. The molecule has 0 atom stereocenters. The first-order chi connectivity index (χ1) is 9.69. The number of aliphatic hydroxyl groups excluding tert-OH is 1. The molecule has 0 bridgehead atoms. The van der Waals surface area contributed by atoms with Gasteiger partial charge in [0.1, 0.15) is 0 Å². The van der Waals surface area contributed by atoms with Crippen LogP contribution in [-0.4, -0.2) is 84.2 Å². The molecule has 1 heterocycles. The Hall–Kier alpha value is -0.790. The highest BCUT2D eigenvalue weighted by Gasteiger charge is 2.18. The van der Waals surface area contributed by atoms with E-state index in [2.05, 4.69) is 0 Å². The summed E-state index contributed by atoms with van der Waals surface area (Å²) >= 11 is 1.34. The van der Waals surface area contributed by atoms with Crippen LogP contribution < -0.4 is 0 Å². The Morgan fingerprint density at radius 1 is 1.25 bits per heavy atom. The third kappa shape index (κ3) is 6.11. The first-order valence-corrected chi connectivity index (χ1v) is 8.16. The number of carbonyl (C=O) groups is 2. The third-order valence-electron chi connectivity index (χ3n) is 3.03. The molecule has 0 aromatic rings. The second kappa shape index (κ2) is 10.0. The van der Waals surface area contributed by atoms with E-state index in [0.29, 0.717) is 45.1 Å². The van der Waals surface area contributed by atoms with E-state index >= 15 is 0 Å². The average Bonchev–Trinajstić information content (AvgIpc) is 2.47. The van der Waals surface area contributed by atoms with Crippen molar-refractivity contribution in [2.75, 3.05) is 57.5 Å². The van der Waals surface area contributed by atoms with E-state index in [4.69, 9.17) is 9.84 Å². The minimum absolute atomic E-state index is 0.0133. The lowest BCUT2D eigenvalue weighted by molar-refractivity contribution is -0.132. The summed E-state index contributed by atoms with van der Waals surface area (Å²) in [5, 5.41) is 8.92. The van der Waals surface area contributed by atoms with Crippen molar-refractivity contribution in [3.8, 4) is 0 Å². The highest BCUT2D eigenvalue weighted by atomic mass is 32.2. The fourth-order valence-electron chi connectivity index (χ4n) is 1.97. The Morgan fingerprint density at radius 2 is 1.95 bits per heavy atom. The van der Waals surface area contributed by atoms with Gasteiger partial charge in [0.2, 0.25) is 11.8 Å².